The van der Waals surface area contributed by atoms with E-state index in [9.17, 15) is 4.79 Å². The average Bonchev–Trinajstić information content (AvgIpc) is 2.42. The number of nitrogens with one attached hydrogen (secondary N) is 1. The number of carbonyl (C=O) groups excluding carboxylic acids is 1. The SMILES string of the molecule is CCOC(=O)CCCCCN[C@@H](C)c1cccc(Br)c1. The van der Waals surface area contributed by atoms with Gasteiger partial charge in [0.25, 0.3) is 0 Å². The van der Waals surface area contributed by atoms with Gasteiger partial charge in [0.05, 0.1) is 6.61 Å². The van der Waals surface area contributed by atoms with Gasteiger partial charge in [-0.3, -0.25) is 4.79 Å². The zero-order chi connectivity index (χ0) is 14.8. The van der Waals surface area contributed by atoms with Crippen LogP contribution < -0.4 is 5.32 Å². The molecule has 20 heavy (non-hydrogen) atoms. The van der Waals surface area contributed by atoms with Crippen molar-refractivity contribution >= 4 is 21.9 Å². The summed E-state index contributed by atoms with van der Waals surface area (Å²) in [6.45, 7) is 5.45. The van der Waals surface area contributed by atoms with Gasteiger partial charge in [-0.2, -0.15) is 0 Å². The highest BCUT2D eigenvalue weighted by atomic mass is 79.9. The molecule has 0 heterocycles. The first-order valence-corrected chi connectivity index (χ1v) is 8.07. The fourth-order valence-corrected chi connectivity index (χ4v) is 2.43. The fourth-order valence-electron chi connectivity index (χ4n) is 2.02. The number of carbonyl (C=O) groups is 1. The molecule has 4 heteroatoms. The number of rotatable bonds is 9. The van der Waals surface area contributed by atoms with E-state index < -0.39 is 0 Å². The van der Waals surface area contributed by atoms with Crippen molar-refractivity contribution < 1.29 is 9.53 Å². The van der Waals surface area contributed by atoms with Crippen LogP contribution in [-0.4, -0.2) is 19.1 Å². The maximum Gasteiger partial charge on any atom is 0.305 e. The highest BCUT2D eigenvalue weighted by molar-refractivity contribution is 9.10. The normalized spacial score (nSPS) is 12.2. The molecule has 0 unspecified atom stereocenters. The molecule has 1 aromatic rings. The van der Waals surface area contributed by atoms with Gasteiger partial charge >= 0.3 is 5.97 Å². The molecule has 1 rings (SSSR count). The van der Waals surface area contributed by atoms with Gasteiger partial charge in [0.15, 0.2) is 0 Å². The van der Waals surface area contributed by atoms with E-state index >= 15 is 0 Å². The number of hydrogen-bond donors (Lipinski definition) is 1. The van der Waals surface area contributed by atoms with E-state index in [-0.39, 0.29) is 5.97 Å². The second kappa shape index (κ2) is 9.94. The zero-order valence-corrected chi connectivity index (χ0v) is 13.9. The van der Waals surface area contributed by atoms with Crippen molar-refractivity contribution in [3.05, 3.63) is 34.3 Å². The molecule has 0 aliphatic heterocycles. The van der Waals surface area contributed by atoms with Crippen molar-refractivity contribution in [3.63, 3.8) is 0 Å². The van der Waals surface area contributed by atoms with Crippen LogP contribution in [0.3, 0.4) is 0 Å². The topological polar surface area (TPSA) is 38.3 Å². The van der Waals surface area contributed by atoms with Crippen LogP contribution >= 0.6 is 15.9 Å². The summed E-state index contributed by atoms with van der Waals surface area (Å²) in [5, 5.41) is 3.50. The Bertz CT molecular complexity index is 409. The Morgan fingerprint density at radius 1 is 1.35 bits per heavy atom. The summed E-state index contributed by atoms with van der Waals surface area (Å²) in [6, 6.07) is 8.70. The zero-order valence-electron chi connectivity index (χ0n) is 12.3. The van der Waals surface area contributed by atoms with Crippen molar-refractivity contribution in [2.45, 2.75) is 45.6 Å². The molecular weight excluding hydrogens is 318 g/mol. The van der Waals surface area contributed by atoms with Gasteiger partial charge in [-0.05, 0) is 50.9 Å². The second-order valence-electron chi connectivity index (χ2n) is 4.85. The van der Waals surface area contributed by atoms with E-state index in [1.807, 2.05) is 13.0 Å². The highest BCUT2D eigenvalue weighted by Gasteiger charge is 2.05. The van der Waals surface area contributed by atoms with E-state index in [2.05, 4.69) is 46.4 Å². The minimum Gasteiger partial charge on any atom is -0.466 e. The van der Waals surface area contributed by atoms with Crippen LogP contribution in [0.25, 0.3) is 0 Å². The van der Waals surface area contributed by atoms with E-state index in [0.717, 1.165) is 30.3 Å². The average molecular weight is 342 g/mol. The van der Waals surface area contributed by atoms with Crippen LogP contribution in [-0.2, 0) is 9.53 Å². The summed E-state index contributed by atoms with van der Waals surface area (Å²) in [5.41, 5.74) is 1.28. The lowest BCUT2D eigenvalue weighted by molar-refractivity contribution is -0.143. The minimum absolute atomic E-state index is 0.0806. The number of unbranched alkanes of at least 4 members (excludes halogenated alkanes) is 2. The first kappa shape index (κ1) is 17.2. The number of hydrogen-bond acceptors (Lipinski definition) is 3. The summed E-state index contributed by atoms with van der Waals surface area (Å²) in [7, 11) is 0. The van der Waals surface area contributed by atoms with Gasteiger partial charge in [0.1, 0.15) is 0 Å². The predicted octanol–water partition coefficient (Wildman–Crippen LogP) is 4.22. The molecule has 1 atom stereocenters. The first-order valence-electron chi connectivity index (χ1n) is 7.28. The number of esters is 1. The molecule has 112 valence electrons. The molecule has 0 saturated heterocycles. The van der Waals surface area contributed by atoms with Gasteiger partial charge in [-0.1, -0.05) is 34.5 Å². The summed E-state index contributed by atoms with van der Waals surface area (Å²) in [6.07, 6.45) is 3.58. The van der Waals surface area contributed by atoms with Crippen molar-refractivity contribution in [1.82, 2.24) is 5.32 Å². The fraction of sp³-hybridized carbons (Fsp3) is 0.562. The molecular formula is C16H24BrNO2. The van der Waals surface area contributed by atoms with Crippen LogP contribution in [0, 0.1) is 0 Å². The lowest BCUT2D eigenvalue weighted by Crippen LogP contribution is -2.19. The van der Waals surface area contributed by atoms with Crippen molar-refractivity contribution in [2.75, 3.05) is 13.2 Å². The lowest BCUT2D eigenvalue weighted by Gasteiger charge is -2.14. The summed E-state index contributed by atoms with van der Waals surface area (Å²) < 4.78 is 6.01. The Morgan fingerprint density at radius 2 is 2.15 bits per heavy atom. The number of ether oxygens (including phenoxy) is 1. The standard InChI is InChI=1S/C16H24BrNO2/c1-3-20-16(19)10-5-4-6-11-18-13(2)14-8-7-9-15(17)12-14/h7-9,12-13,18H,3-6,10-11H2,1-2H3/t13-/m0/s1. The molecule has 0 saturated carbocycles. The number of benzene rings is 1. The maximum atomic E-state index is 11.2. The van der Waals surface area contributed by atoms with Crippen LogP contribution in [0.2, 0.25) is 0 Å². The molecule has 1 aromatic carbocycles. The van der Waals surface area contributed by atoms with Gasteiger partial charge in [0, 0.05) is 16.9 Å². The van der Waals surface area contributed by atoms with Crippen LogP contribution in [0.1, 0.15) is 51.1 Å². The molecule has 3 nitrogen and oxygen atoms in total. The second-order valence-corrected chi connectivity index (χ2v) is 5.76. The van der Waals surface area contributed by atoms with Crippen molar-refractivity contribution in [2.24, 2.45) is 0 Å². The van der Waals surface area contributed by atoms with Gasteiger partial charge in [-0.25, -0.2) is 0 Å². The first-order chi connectivity index (χ1) is 9.63. The Labute approximate surface area is 130 Å². The van der Waals surface area contributed by atoms with Gasteiger partial charge < -0.3 is 10.1 Å². The van der Waals surface area contributed by atoms with E-state index in [4.69, 9.17) is 4.74 Å². The van der Waals surface area contributed by atoms with Crippen LogP contribution in [0.5, 0.6) is 0 Å². The Hall–Kier alpha value is -0.870. The Morgan fingerprint density at radius 3 is 2.85 bits per heavy atom. The third kappa shape index (κ3) is 7.06. The lowest BCUT2D eigenvalue weighted by atomic mass is 10.1. The minimum atomic E-state index is -0.0806. The highest BCUT2D eigenvalue weighted by Crippen LogP contribution is 2.17. The van der Waals surface area contributed by atoms with E-state index in [0.29, 0.717) is 19.1 Å². The van der Waals surface area contributed by atoms with Crippen molar-refractivity contribution in [1.29, 1.82) is 0 Å². The Balaban J connectivity index is 2.11. The monoisotopic (exact) mass is 341 g/mol. The molecule has 0 aromatic heterocycles. The summed E-state index contributed by atoms with van der Waals surface area (Å²) >= 11 is 3.49. The van der Waals surface area contributed by atoms with E-state index in [1.165, 1.54) is 5.56 Å². The molecule has 0 amide bonds. The number of halogens is 1. The van der Waals surface area contributed by atoms with Crippen LogP contribution in [0.4, 0.5) is 0 Å². The van der Waals surface area contributed by atoms with Gasteiger partial charge in [0.2, 0.25) is 0 Å². The Kier molecular flexibility index (Phi) is 8.54. The van der Waals surface area contributed by atoms with Crippen LogP contribution in [0.15, 0.2) is 28.7 Å². The third-order valence-electron chi connectivity index (χ3n) is 3.16. The quantitative estimate of drug-likeness (QED) is 0.539. The largest absolute Gasteiger partial charge is 0.466 e. The van der Waals surface area contributed by atoms with Gasteiger partial charge in [-0.15, -0.1) is 0 Å². The summed E-state index contributed by atoms with van der Waals surface area (Å²) in [5.74, 6) is -0.0806. The smallest absolute Gasteiger partial charge is 0.305 e. The molecule has 0 fully saturated rings. The molecule has 1 N–H and O–H groups in total. The molecule has 0 spiro atoms. The molecule has 0 aliphatic carbocycles. The van der Waals surface area contributed by atoms with E-state index in [1.54, 1.807) is 0 Å². The molecule has 0 radical (unpaired) electrons. The molecule has 0 bridgehead atoms. The molecule has 0 aliphatic rings. The summed E-state index contributed by atoms with van der Waals surface area (Å²) in [4.78, 5) is 11.2. The predicted molar refractivity (Wildman–Crippen MR) is 85.7 cm³/mol. The maximum absolute atomic E-state index is 11.2. The third-order valence-corrected chi connectivity index (χ3v) is 3.66. The van der Waals surface area contributed by atoms with Crippen molar-refractivity contribution in [3.8, 4) is 0 Å².